The quantitative estimate of drug-likeness (QED) is 0.306. The number of carbonyl (C=O) groups is 1. The lowest BCUT2D eigenvalue weighted by molar-refractivity contribution is 0.225. The van der Waals surface area contributed by atoms with Crippen LogP contribution in [0.2, 0.25) is 10.0 Å². The van der Waals surface area contributed by atoms with E-state index in [-0.39, 0.29) is 6.61 Å². The lowest BCUT2D eigenvalue weighted by atomic mass is 10.1. The average molecular weight is 484 g/mol. The number of nitrogens with zero attached hydrogens (tertiary/aromatic N) is 4. The van der Waals surface area contributed by atoms with Gasteiger partial charge in [-0.25, -0.2) is 14.5 Å². The number of rotatable bonds is 7. The first-order valence-electron chi connectivity index (χ1n) is 9.85. The van der Waals surface area contributed by atoms with Crippen molar-refractivity contribution in [3.63, 3.8) is 0 Å². The number of aromatic nitrogens is 4. The third-order valence-corrected chi connectivity index (χ3v) is 5.14. The first-order chi connectivity index (χ1) is 16.0. The molecule has 2 heterocycles. The van der Waals surface area contributed by atoms with Crippen molar-refractivity contribution in [1.82, 2.24) is 25.1 Å². The molecule has 0 radical (unpaired) electrons. The fourth-order valence-electron chi connectivity index (χ4n) is 3.02. The van der Waals surface area contributed by atoms with E-state index in [9.17, 15) is 9.90 Å². The monoisotopic (exact) mass is 483 g/mol. The summed E-state index contributed by atoms with van der Waals surface area (Å²) >= 11 is 12.2. The van der Waals surface area contributed by atoms with Gasteiger partial charge in [-0.1, -0.05) is 47.5 Å². The van der Waals surface area contributed by atoms with E-state index >= 15 is 0 Å². The molecule has 0 aliphatic heterocycles. The minimum Gasteiger partial charge on any atom is -0.394 e. The summed E-state index contributed by atoms with van der Waals surface area (Å²) in [6.07, 6.45) is 4.67. The van der Waals surface area contributed by atoms with Crippen molar-refractivity contribution in [2.24, 2.45) is 0 Å². The van der Waals surface area contributed by atoms with E-state index in [1.807, 2.05) is 18.2 Å². The molecule has 2 amide bonds. The number of anilines is 3. The molecular formula is C22H19Cl2N7O2. The Bertz CT molecular complexity index is 1260. The molecule has 1 atom stereocenters. The summed E-state index contributed by atoms with van der Waals surface area (Å²) in [4.78, 5) is 21.0. The number of para-hydroxylation sites is 1. The molecule has 33 heavy (non-hydrogen) atoms. The summed E-state index contributed by atoms with van der Waals surface area (Å²) in [5.41, 5.74) is 1.80. The zero-order valence-electron chi connectivity index (χ0n) is 17.1. The zero-order chi connectivity index (χ0) is 23.2. The van der Waals surface area contributed by atoms with Gasteiger partial charge in [-0.3, -0.25) is 0 Å². The number of amides is 2. The summed E-state index contributed by atoms with van der Waals surface area (Å²) in [5, 5.41) is 23.4. The lowest BCUT2D eigenvalue weighted by Crippen LogP contribution is -2.34. The maximum absolute atomic E-state index is 12.4. The molecule has 0 fully saturated rings. The second kappa shape index (κ2) is 10.3. The number of nitrogens with one attached hydrogen (secondary N) is 3. The Hall–Kier alpha value is -3.66. The number of carbonyl (C=O) groups excluding carboxylic acids is 1. The molecule has 0 aliphatic carbocycles. The van der Waals surface area contributed by atoms with E-state index < -0.39 is 12.1 Å². The van der Waals surface area contributed by atoms with Crippen molar-refractivity contribution in [2.75, 3.05) is 17.2 Å². The van der Waals surface area contributed by atoms with Crippen LogP contribution in [0.15, 0.2) is 73.2 Å². The summed E-state index contributed by atoms with van der Waals surface area (Å²) < 4.78 is 1.50. The van der Waals surface area contributed by atoms with Crippen LogP contribution in [0, 0.1) is 0 Å². The van der Waals surface area contributed by atoms with Crippen LogP contribution in [0.1, 0.15) is 11.6 Å². The summed E-state index contributed by atoms with van der Waals surface area (Å²) in [6.45, 7) is -0.283. The molecule has 0 aliphatic rings. The van der Waals surface area contributed by atoms with Gasteiger partial charge in [0.15, 0.2) is 5.82 Å². The number of hydrogen-bond donors (Lipinski definition) is 4. The maximum atomic E-state index is 12.4. The highest BCUT2D eigenvalue weighted by molar-refractivity contribution is 6.33. The van der Waals surface area contributed by atoms with Gasteiger partial charge in [0.05, 0.1) is 41.4 Å². The number of halogens is 2. The van der Waals surface area contributed by atoms with Crippen molar-refractivity contribution < 1.29 is 9.90 Å². The smallest absolute Gasteiger partial charge is 0.319 e. The normalized spacial score (nSPS) is 11.6. The number of aliphatic hydroxyl groups excluding tert-OH is 1. The van der Waals surface area contributed by atoms with Crippen LogP contribution in [-0.2, 0) is 0 Å². The van der Waals surface area contributed by atoms with Gasteiger partial charge < -0.3 is 21.1 Å². The number of benzene rings is 2. The minimum absolute atomic E-state index is 0.283. The molecular weight excluding hydrogens is 465 g/mol. The Morgan fingerprint density at radius 2 is 1.97 bits per heavy atom. The SMILES string of the molecule is O=C(Nc1cnn(-c2ccnc(Nc3ccccc3Cl)n2)c1)NC(CO)c1cccc(Cl)c1. The van der Waals surface area contributed by atoms with Gasteiger partial charge in [-0.05, 0) is 29.8 Å². The lowest BCUT2D eigenvalue weighted by Gasteiger charge is -2.17. The Kier molecular flexibility index (Phi) is 7.04. The fourth-order valence-corrected chi connectivity index (χ4v) is 3.40. The zero-order valence-corrected chi connectivity index (χ0v) is 18.6. The molecule has 2 aromatic heterocycles. The van der Waals surface area contributed by atoms with Gasteiger partial charge >= 0.3 is 6.03 Å². The number of urea groups is 1. The first-order valence-corrected chi connectivity index (χ1v) is 10.6. The molecule has 4 aromatic rings. The van der Waals surface area contributed by atoms with Crippen LogP contribution < -0.4 is 16.0 Å². The molecule has 0 spiro atoms. The van der Waals surface area contributed by atoms with E-state index in [4.69, 9.17) is 23.2 Å². The van der Waals surface area contributed by atoms with Gasteiger partial charge in [0, 0.05) is 17.3 Å². The van der Waals surface area contributed by atoms with Crippen LogP contribution in [0.25, 0.3) is 5.82 Å². The number of hydrogen-bond acceptors (Lipinski definition) is 6. The molecule has 9 nitrogen and oxygen atoms in total. The van der Waals surface area contributed by atoms with E-state index in [1.165, 1.54) is 10.9 Å². The molecule has 2 aromatic carbocycles. The van der Waals surface area contributed by atoms with Gasteiger partial charge in [0.25, 0.3) is 0 Å². The standard InChI is InChI=1S/C22H19Cl2N7O2/c23-15-5-3-4-14(10-15)19(13-32)29-22(33)27-16-11-26-31(12-16)20-8-9-25-21(30-20)28-18-7-2-1-6-17(18)24/h1-12,19,32H,13H2,(H,25,28,30)(H2,27,29,33). The summed E-state index contributed by atoms with van der Waals surface area (Å²) in [6, 6.07) is 14.7. The fraction of sp³-hybridized carbons (Fsp3) is 0.0909. The van der Waals surface area contributed by atoms with Gasteiger partial charge in [0.2, 0.25) is 5.95 Å². The van der Waals surface area contributed by atoms with Gasteiger partial charge in [-0.15, -0.1) is 0 Å². The molecule has 0 saturated heterocycles. The highest BCUT2D eigenvalue weighted by atomic mass is 35.5. The van der Waals surface area contributed by atoms with Crippen LogP contribution in [0.5, 0.6) is 0 Å². The Balaban J connectivity index is 1.42. The minimum atomic E-state index is -0.612. The second-order valence-electron chi connectivity index (χ2n) is 6.91. The van der Waals surface area contributed by atoms with E-state index in [0.29, 0.717) is 38.7 Å². The second-order valence-corrected chi connectivity index (χ2v) is 7.75. The summed E-state index contributed by atoms with van der Waals surface area (Å²) in [7, 11) is 0. The Morgan fingerprint density at radius 3 is 2.76 bits per heavy atom. The van der Waals surface area contributed by atoms with Crippen LogP contribution in [0.4, 0.5) is 22.1 Å². The predicted octanol–water partition coefficient (Wildman–Crippen LogP) is 4.57. The van der Waals surface area contributed by atoms with Crippen LogP contribution >= 0.6 is 23.2 Å². The maximum Gasteiger partial charge on any atom is 0.319 e. The van der Waals surface area contributed by atoms with E-state index in [2.05, 4.69) is 31.0 Å². The molecule has 11 heteroatoms. The highest BCUT2D eigenvalue weighted by Crippen LogP contribution is 2.23. The van der Waals surface area contributed by atoms with Crippen molar-refractivity contribution in [2.45, 2.75) is 6.04 Å². The first kappa shape index (κ1) is 22.5. The van der Waals surface area contributed by atoms with Crippen LogP contribution in [-0.4, -0.2) is 37.5 Å². The third-order valence-electron chi connectivity index (χ3n) is 4.58. The van der Waals surface area contributed by atoms with Crippen molar-refractivity contribution >= 4 is 46.6 Å². The van der Waals surface area contributed by atoms with Crippen molar-refractivity contribution in [1.29, 1.82) is 0 Å². The molecule has 168 valence electrons. The molecule has 0 bridgehead atoms. The van der Waals surface area contributed by atoms with Crippen molar-refractivity contribution in [3.8, 4) is 5.82 Å². The van der Waals surface area contributed by atoms with Gasteiger partial charge in [-0.2, -0.15) is 10.1 Å². The molecule has 1 unspecified atom stereocenters. The highest BCUT2D eigenvalue weighted by Gasteiger charge is 2.15. The van der Waals surface area contributed by atoms with Crippen LogP contribution in [0.3, 0.4) is 0 Å². The summed E-state index contributed by atoms with van der Waals surface area (Å²) in [5.74, 6) is 0.829. The topological polar surface area (TPSA) is 117 Å². The van der Waals surface area contributed by atoms with E-state index in [1.54, 1.807) is 48.8 Å². The predicted molar refractivity (Wildman–Crippen MR) is 127 cm³/mol. The average Bonchev–Trinajstić information content (AvgIpc) is 3.27. The van der Waals surface area contributed by atoms with Gasteiger partial charge in [0.1, 0.15) is 0 Å². The third kappa shape index (κ3) is 5.78. The Morgan fingerprint density at radius 1 is 1.12 bits per heavy atom. The molecule has 4 N–H and O–H groups in total. The largest absolute Gasteiger partial charge is 0.394 e. The van der Waals surface area contributed by atoms with E-state index in [0.717, 1.165) is 0 Å². The Labute approximate surface area is 199 Å². The van der Waals surface area contributed by atoms with Crippen molar-refractivity contribution in [3.05, 3.63) is 88.8 Å². The molecule has 0 saturated carbocycles. The molecule has 4 rings (SSSR count). The number of aliphatic hydroxyl groups is 1.